The lowest BCUT2D eigenvalue weighted by Crippen LogP contribution is -2.43. The normalized spacial score (nSPS) is 49.6. The first-order valence-corrected chi connectivity index (χ1v) is 13.5. The summed E-state index contributed by atoms with van der Waals surface area (Å²) in [7, 11) is 0. The molecule has 0 N–H and O–H groups in total. The van der Waals surface area contributed by atoms with Crippen molar-refractivity contribution in [1.29, 1.82) is 0 Å². The third-order valence-electron chi connectivity index (χ3n) is 9.83. The summed E-state index contributed by atoms with van der Waals surface area (Å²) in [6.07, 6.45) is 9.06. The Morgan fingerprint density at radius 2 is 1.00 bits per heavy atom. The molecule has 4 rings (SSSR count). The van der Waals surface area contributed by atoms with Crippen LogP contribution in [0.2, 0.25) is 0 Å². The first-order chi connectivity index (χ1) is 14.9. The fraction of sp³-hybridized carbons (Fsp3) is 1.00. The number of hydrogen-bond acceptors (Lipinski definition) is 0. The van der Waals surface area contributed by atoms with Crippen molar-refractivity contribution in [3.8, 4) is 0 Å². The van der Waals surface area contributed by atoms with Crippen LogP contribution in [0.25, 0.3) is 0 Å². The Morgan fingerprint density at radius 3 is 1.58 bits per heavy atom. The highest BCUT2D eigenvalue weighted by atomic mass is 19.2. The molecule has 0 aromatic heterocycles. The van der Waals surface area contributed by atoms with E-state index in [0.717, 1.165) is 36.5 Å². The van der Waals surface area contributed by atoms with Crippen molar-refractivity contribution in [2.45, 2.75) is 128 Å². The molecule has 0 aliphatic heterocycles. The maximum absolute atomic E-state index is 15.0. The van der Waals surface area contributed by atoms with Crippen molar-refractivity contribution >= 4 is 0 Å². The second-order valence-corrected chi connectivity index (χ2v) is 11.9. The first kappa shape index (κ1) is 23.9. The van der Waals surface area contributed by atoms with Crippen molar-refractivity contribution in [1.82, 2.24) is 0 Å². The van der Waals surface area contributed by atoms with E-state index in [1.807, 2.05) is 0 Å². The Hall–Kier alpha value is -0.280. The quantitative estimate of drug-likeness (QED) is 0.372. The molecule has 5 atom stereocenters. The number of halogens is 4. The van der Waals surface area contributed by atoms with E-state index in [4.69, 9.17) is 0 Å². The first-order valence-electron chi connectivity index (χ1n) is 13.5. The van der Waals surface area contributed by atoms with Crippen LogP contribution in [0, 0.1) is 41.4 Å². The average Bonchev–Trinajstić information content (AvgIpc) is 2.75. The van der Waals surface area contributed by atoms with Crippen LogP contribution in [0.5, 0.6) is 0 Å². The van der Waals surface area contributed by atoms with Gasteiger partial charge < -0.3 is 0 Å². The minimum absolute atomic E-state index is 0.000483. The van der Waals surface area contributed by atoms with Crippen LogP contribution in [-0.2, 0) is 0 Å². The van der Waals surface area contributed by atoms with Gasteiger partial charge in [0, 0.05) is 5.92 Å². The average molecular weight is 445 g/mol. The van der Waals surface area contributed by atoms with Crippen LogP contribution in [0.4, 0.5) is 17.6 Å². The lowest BCUT2D eigenvalue weighted by Gasteiger charge is -2.42. The Morgan fingerprint density at radius 1 is 0.484 bits per heavy atom. The van der Waals surface area contributed by atoms with Gasteiger partial charge in [-0.3, -0.25) is 0 Å². The molecule has 0 nitrogen and oxygen atoms in total. The highest BCUT2D eigenvalue weighted by Gasteiger charge is 2.45. The lowest BCUT2D eigenvalue weighted by molar-refractivity contribution is -0.0275. The van der Waals surface area contributed by atoms with Gasteiger partial charge >= 0.3 is 0 Å². The van der Waals surface area contributed by atoms with E-state index in [9.17, 15) is 17.6 Å². The topological polar surface area (TPSA) is 0 Å². The zero-order valence-corrected chi connectivity index (χ0v) is 19.5. The highest BCUT2D eigenvalue weighted by Crippen LogP contribution is 2.46. The molecule has 0 saturated heterocycles. The molecule has 0 heterocycles. The molecule has 180 valence electrons. The predicted octanol–water partition coefficient (Wildman–Crippen LogP) is 8.58. The minimum Gasteiger partial charge on any atom is -0.247 e. The zero-order valence-electron chi connectivity index (χ0n) is 19.5. The maximum Gasteiger partial charge on any atom is 0.131 e. The van der Waals surface area contributed by atoms with Gasteiger partial charge in [-0.05, 0) is 99.7 Å². The molecule has 5 unspecified atom stereocenters. The Labute approximate surface area is 187 Å². The van der Waals surface area contributed by atoms with Gasteiger partial charge in [-0.1, -0.05) is 39.0 Å². The summed E-state index contributed by atoms with van der Waals surface area (Å²) < 4.78 is 57.1. The van der Waals surface area contributed by atoms with E-state index < -0.39 is 30.6 Å². The third-order valence-corrected chi connectivity index (χ3v) is 9.83. The van der Waals surface area contributed by atoms with E-state index in [2.05, 4.69) is 6.92 Å². The summed E-state index contributed by atoms with van der Waals surface area (Å²) in [6, 6.07) is 0. The van der Waals surface area contributed by atoms with Crippen molar-refractivity contribution in [3.63, 3.8) is 0 Å². The van der Waals surface area contributed by atoms with Crippen molar-refractivity contribution in [2.75, 3.05) is 0 Å². The van der Waals surface area contributed by atoms with E-state index in [0.29, 0.717) is 19.3 Å². The summed E-state index contributed by atoms with van der Waals surface area (Å²) in [4.78, 5) is 0. The molecule has 31 heavy (non-hydrogen) atoms. The van der Waals surface area contributed by atoms with Gasteiger partial charge in [-0.2, -0.15) is 0 Å². The summed E-state index contributed by atoms with van der Waals surface area (Å²) in [5, 5.41) is 0. The standard InChI is InChI=1S/C27H44F4/c1-17-2-8-20(9-3-17)21-10-6-18(7-11-21)4-5-19-14-25(30)27(26(31)15-19)22-12-13-23(28)24(29)16-22/h17-27H,2-16H2,1H3. The second kappa shape index (κ2) is 10.8. The van der Waals surface area contributed by atoms with Gasteiger partial charge in [-0.25, -0.2) is 17.6 Å². The summed E-state index contributed by atoms with van der Waals surface area (Å²) >= 11 is 0. The smallest absolute Gasteiger partial charge is 0.131 e. The van der Waals surface area contributed by atoms with Crippen LogP contribution < -0.4 is 0 Å². The van der Waals surface area contributed by atoms with Crippen LogP contribution >= 0.6 is 0 Å². The van der Waals surface area contributed by atoms with Crippen LogP contribution in [0.15, 0.2) is 0 Å². The molecular formula is C27H44F4. The lowest BCUT2D eigenvalue weighted by atomic mass is 9.66. The molecule has 4 fully saturated rings. The molecule has 0 radical (unpaired) electrons. The van der Waals surface area contributed by atoms with Gasteiger partial charge in [0.2, 0.25) is 0 Å². The Bertz CT molecular complexity index is 525. The van der Waals surface area contributed by atoms with Crippen LogP contribution in [0.1, 0.15) is 103 Å². The van der Waals surface area contributed by atoms with E-state index in [1.54, 1.807) is 0 Å². The Kier molecular flexibility index (Phi) is 8.29. The SMILES string of the molecule is CC1CCC(C2CCC(CCC3CC(F)C(C4CCC(F)C(F)C4)C(F)C3)CC2)CC1. The van der Waals surface area contributed by atoms with Crippen molar-refractivity contribution in [3.05, 3.63) is 0 Å². The van der Waals surface area contributed by atoms with Gasteiger partial charge in [0.25, 0.3) is 0 Å². The molecule has 0 aromatic rings. The molecule has 4 heteroatoms. The summed E-state index contributed by atoms with van der Waals surface area (Å²) in [5.74, 6) is 2.60. The Balaban J connectivity index is 1.18. The summed E-state index contributed by atoms with van der Waals surface area (Å²) in [5.41, 5.74) is 0. The van der Waals surface area contributed by atoms with E-state index in [-0.39, 0.29) is 24.7 Å². The number of rotatable bonds is 5. The van der Waals surface area contributed by atoms with Crippen LogP contribution in [0.3, 0.4) is 0 Å². The van der Waals surface area contributed by atoms with Crippen LogP contribution in [-0.4, -0.2) is 24.7 Å². The largest absolute Gasteiger partial charge is 0.247 e. The molecule has 4 saturated carbocycles. The summed E-state index contributed by atoms with van der Waals surface area (Å²) in [6.45, 7) is 2.39. The van der Waals surface area contributed by atoms with Crippen molar-refractivity contribution in [2.24, 2.45) is 41.4 Å². The van der Waals surface area contributed by atoms with Gasteiger partial charge in [0.15, 0.2) is 0 Å². The third kappa shape index (κ3) is 5.99. The number of alkyl halides is 4. The predicted molar refractivity (Wildman–Crippen MR) is 119 cm³/mol. The van der Waals surface area contributed by atoms with Gasteiger partial charge in [-0.15, -0.1) is 0 Å². The highest BCUT2D eigenvalue weighted by molar-refractivity contribution is 4.94. The maximum atomic E-state index is 15.0. The fourth-order valence-electron chi connectivity index (χ4n) is 7.74. The molecule has 4 aliphatic carbocycles. The molecular weight excluding hydrogens is 400 g/mol. The van der Waals surface area contributed by atoms with E-state index >= 15 is 0 Å². The molecule has 0 bridgehead atoms. The second-order valence-electron chi connectivity index (χ2n) is 11.9. The monoisotopic (exact) mass is 444 g/mol. The molecule has 0 spiro atoms. The van der Waals surface area contributed by atoms with E-state index in [1.165, 1.54) is 51.4 Å². The van der Waals surface area contributed by atoms with Gasteiger partial charge in [0.1, 0.15) is 24.7 Å². The molecule has 0 aromatic carbocycles. The number of hydrogen-bond donors (Lipinski definition) is 0. The minimum atomic E-state index is -1.54. The molecule has 0 amide bonds. The van der Waals surface area contributed by atoms with Gasteiger partial charge in [0.05, 0.1) is 0 Å². The fourth-order valence-corrected chi connectivity index (χ4v) is 7.74. The zero-order chi connectivity index (χ0) is 22.0. The molecule has 4 aliphatic rings. The van der Waals surface area contributed by atoms with Crippen molar-refractivity contribution < 1.29 is 17.6 Å².